The number of nitrogens with one attached hydrogen (secondary N) is 1. The van der Waals surface area contributed by atoms with E-state index in [4.69, 9.17) is 16.3 Å². The van der Waals surface area contributed by atoms with Crippen molar-refractivity contribution in [2.24, 2.45) is 0 Å². The maximum absolute atomic E-state index is 13.4. The van der Waals surface area contributed by atoms with Gasteiger partial charge in [-0.1, -0.05) is 24.4 Å². The van der Waals surface area contributed by atoms with Gasteiger partial charge in [0.1, 0.15) is 5.75 Å². The molecule has 1 aromatic carbocycles. The summed E-state index contributed by atoms with van der Waals surface area (Å²) in [6, 6.07) is 9.34. The molecule has 3 aromatic rings. The third-order valence-corrected chi connectivity index (χ3v) is 5.71. The van der Waals surface area contributed by atoms with E-state index < -0.39 is 0 Å². The van der Waals surface area contributed by atoms with Crippen molar-refractivity contribution in [1.29, 1.82) is 0 Å². The summed E-state index contributed by atoms with van der Waals surface area (Å²) in [6.07, 6.45) is 6.03. The number of pyridine rings is 2. The van der Waals surface area contributed by atoms with Gasteiger partial charge in [0.2, 0.25) is 0 Å². The number of anilines is 2. The van der Waals surface area contributed by atoms with E-state index in [0.29, 0.717) is 27.7 Å². The molecule has 164 valence electrons. The molecule has 1 aliphatic rings. The number of amides is 1. The number of carbonyl (C=O) groups excluding carboxylic acids is 1. The third kappa shape index (κ3) is 5.02. The van der Waals surface area contributed by atoms with Gasteiger partial charge in [-0.2, -0.15) is 0 Å². The lowest BCUT2D eigenvalue weighted by molar-refractivity contribution is 0.0762. The summed E-state index contributed by atoms with van der Waals surface area (Å²) in [5.74, 6) is 0.592. The zero-order valence-electron chi connectivity index (χ0n) is 17.7. The molecule has 4 rings (SSSR count). The molecule has 0 bridgehead atoms. The zero-order chi connectivity index (χ0) is 21.1. The highest BCUT2D eigenvalue weighted by atomic mass is 35.5. The van der Waals surface area contributed by atoms with Crippen LogP contribution in [0.5, 0.6) is 5.75 Å². The Labute approximate surface area is 193 Å². The molecule has 6 nitrogen and oxygen atoms in total. The van der Waals surface area contributed by atoms with E-state index >= 15 is 0 Å². The normalized spacial score (nSPS) is 14.0. The van der Waals surface area contributed by atoms with Crippen molar-refractivity contribution < 1.29 is 9.53 Å². The van der Waals surface area contributed by atoms with E-state index in [-0.39, 0.29) is 18.3 Å². The summed E-state index contributed by atoms with van der Waals surface area (Å²) in [4.78, 5) is 24.4. The Hall–Kier alpha value is -2.57. The molecule has 1 N–H and O–H groups in total. The van der Waals surface area contributed by atoms with Crippen LogP contribution in [0, 0.1) is 6.92 Å². The molecule has 0 spiro atoms. The average molecular weight is 461 g/mol. The number of aryl methyl sites for hydroxylation is 1. The number of ether oxygens (including phenoxy) is 1. The summed E-state index contributed by atoms with van der Waals surface area (Å²) >= 11 is 6.31. The number of benzene rings is 1. The molecule has 1 fully saturated rings. The van der Waals surface area contributed by atoms with Crippen LogP contribution in [0.4, 0.5) is 11.4 Å². The van der Waals surface area contributed by atoms with Crippen molar-refractivity contribution in [3.05, 3.63) is 52.8 Å². The Morgan fingerprint density at radius 2 is 1.87 bits per heavy atom. The van der Waals surface area contributed by atoms with Crippen LogP contribution in [0.2, 0.25) is 5.02 Å². The van der Waals surface area contributed by atoms with Crippen molar-refractivity contribution in [2.75, 3.05) is 25.5 Å². The lowest BCUT2D eigenvalue weighted by Gasteiger charge is -2.22. The van der Waals surface area contributed by atoms with Gasteiger partial charge in [0.25, 0.3) is 5.91 Å². The van der Waals surface area contributed by atoms with Gasteiger partial charge < -0.3 is 15.0 Å². The molecule has 8 heteroatoms. The highest BCUT2D eigenvalue weighted by Gasteiger charge is 2.23. The molecule has 31 heavy (non-hydrogen) atoms. The zero-order valence-corrected chi connectivity index (χ0v) is 19.2. The van der Waals surface area contributed by atoms with E-state index in [0.717, 1.165) is 42.7 Å². The predicted octanol–water partition coefficient (Wildman–Crippen LogP) is 5.78. The van der Waals surface area contributed by atoms with Gasteiger partial charge in [0.15, 0.2) is 5.65 Å². The topological polar surface area (TPSA) is 67.3 Å². The van der Waals surface area contributed by atoms with Gasteiger partial charge >= 0.3 is 0 Å². The van der Waals surface area contributed by atoms with E-state index in [9.17, 15) is 4.79 Å². The molecular formula is C23H26Cl2N4O2. The Balaban J connectivity index is 0.00000272. The van der Waals surface area contributed by atoms with E-state index in [1.807, 2.05) is 30.0 Å². The molecule has 3 heterocycles. The minimum Gasteiger partial charge on any atom is -0.495 e. The third-order valence-electron chi connectivity index (χ3n) is 5.41. The van der Waals surface area contributed by atoms with Crippen molar-refractivity contribution in [1.82, 2.24) is 14.9 Å². The predicted molar refractivity (Wildman–Crippen MR) is 127 cm³/mol. The van der Waals surface area contributed by atoms with E-state index in [1.54, 1.807) is 25.4 Å². The van der Waals surface area contributed by atoms with Gasteiger partial charge in [-0.05, 0) is 50.1 Å². The minimum atomic E-state index is -0.00557. The number of methoxy groups -OCH3 is 1. The van der Waals surface area contributed by atoms with Crippen molar-refractivity contribution in [3.8, 4) is 5.75 Å². The first-order chi connectivity index (χ1) is 14.6. The lowest BCUT2D eigenvalue weighted by atomic mass is 10.1. The van der Waals surface area contributed by atoms with E-state index in [1.165, 1.54) is 12.8 Å². The molecule has 0 atom stereocenters. The van der Waals surface area contributed by atoms with Crippen LogP contribution in [0.15, 0.2) is 36.5 Å². The lowest BCUT2D eigenvalue weighted by Crippen LogP contribution is -2.32. The summed E-state index contributed by atoms with van der Waals surface area (Å²) in [5, 5.41) is 4.69. The quantitative estimate of drug-likeness (QED) is 0.534. The smallest absolute Gasteiger partial charge is 0.257 e. The Kier molecular flexibility index (Phi) is 7.57. The van der Waals surface area contributed by atoms with Gasteiger partial charge in [0, 0.05) is 36.1 Å². The number of nitrogens with zero attached hydrogens (tertiary/aromatic N) is 3. The summed E-state index contributed by atoms with van der Waals surface area (Å²) < 4.78 is 5.25. The number of aromatic nitrogens is 2. The summed E-state index contributed by atoms with van der Waals surface area (Å²) in [5.41, 5.74) is 3.48. The molecule has 0 unspecified atom stereocenters. The molecule has 1 saturated heterocycles. The summed E-state index contributed by atoms with van der Waals surface area (Å²) in [6.45, 7) is 3.47. The van der Waals surface area contributed by atoms with Crippen LogP contribution in [-0.2, 0) is 0 Å². The van der Waals surface area contributed by atoms with Crippen LogP contribution in [0.25, 0.3) is 11.0 Å². The van der Waals surface area contributed by atoms with Gasteiger partial charge in [-0.15, -0.1) is 12.4 Å². The van der Waals surface area contributed by atoms with Crippen molar-refractivity contribution in [3.63, 3.8) is 0 Å². The fourth-order valence-electron chi connectivity index (χ4n) is 3.80. The standard InChI is InChI=1S/C23H25ClN4O2.ClH/c1-15-7-9-17-21(27-16-8-10-20(30-2)19(24)13-16)18(14-25-22(17)26-15)23(29)28-11-5-3-4-6-12-28;/h7-10,13-14H,3-6,11-12H2,1-2H3,(H,25,26,27);1H. The molecule has 0 aliphatic carbocycles. The highest BCUT2D eigenvalue weighted by Crippen LogP contribution is 2.33. The first kappa shape index (κ1) is 23.1. The fourth-order valence-corrected chi connectivity index (χ4v) is 4.06. The average Bonchev–Trinajstić information content (AvgIpc) is 3.03. The maximum atomic E-state index is 13.4. The molecule has 1 aliphatic heterocycles. The molecule has 0 radical (unpaired) electrons. The first-order valence-electron chi connectivity index (χ1n) is 10.2. The van der Waals surface area contributed by atoms with Crippen LogP contribution >= 0.6 is 24.0 Å². The van der Waals surface area contributed by atoms with E-state index in [2.05, 4.69) is 15.3 Å². The maximum Gasteiger partial charge on any atom is 0.257 e. The first-order valence-corrected chi connectivity index (χ1v) is 10.6. The fraction of sp³-hybridized carbons (Fsp3) is 0.348. The van der Waals surface area contributed by atoms with Crippen LogP contribution < -0.4 is 10.1 Å². The molecular weight excluding hydrogens is 435 g/mol. The molecule has 0 saturated carbocycles. The van der Waals surface area contributed by atoms with Crippen LogP contribution in [-0.4, -0.2) is 41.0 Å². The number of hydrogen-bond acceptors (Lipinski definition) is 5. The van der Waals surface area contributed by atoms with Gasteiger partial charge in [-0.3, -0.25) is 4.79 Å². The summed E-state index contributed by atoms with van der Waals surface area (Å²) in [7, 11) is 1.58. The highest BCUT2D eigenvalue weighted by molar-refractivity contribution is 6.32. The number of carbonyl (C=O) groups is 1. The number of likely N-dealkylation sites (tertiary alicyclic amines) is 1. The Morgan fingerprint density at radius 1 is 1.13 bits per heavy atom. The largest absolute Gasteiger partial charge is 0.495 e. The second-order valence-corrected chi connectivity index (χ2v) is 7.96. The van der Waals surface area contributed by atoms with Crippen molar-refractivity contribution in [2.45, 2.75) is 32.6 Å². The molecule has 2 aromatic heterocycles. The Morgan fingerprint density at radius 3 is 2.55 bits per heavy atom. The second-order valence-electron chi connectivity index (χ2n) is 7.55. The number of hydrogen-bond donors (Lipinski definition) is 1. The Bertz CT molecular complexity index is 1080. The van der Waals surface area contributed by atoms with Crippen molar-refractivity contribution >= 4 is 52.3 Å². The number of halogens is 2. The van der Waals surface area contributed by atoms with Crippen LogP contribution in [0.1, 0.15) is 41.7 Å². The monoisotopic (exact) mass is 460 g/mol. The molecule has 1 amide bonds. The van der Waals surface area contributed by atoms with Gasteiger partial charge in [-0.25, -0.2) is 9.97 Å². The number of rotatable bonds is 4. The second kappa shape index (κ2) is 10.2. The van der Waals surface area contributed by atoms with Crippen LogP contribution in [0.3, 0.4) is 0 Å². The van der Waals surface area contributed by atoms with Gasteiger partial charge in [0.05, 0.1) is 23.4 Å². The number of fused-ring (bicyclic) bond motifs is 1. The SMILES string of the molecule is COc1ccc(Nc2c(C(=O)N3CCCCCC3)cnc3nc(C)ccc23)cc1Cl.Cl. The minimum absolute atomic E-state index is 0.